The second-order valence-corrected chi connectivity index (χ2v) is 5.09. The number of allylic oxidation sites excluding steroid dienone is 1. The lowest BCUT2D eigenvalue weighted by Crippen LogP contribution is -2.30. The van der Waals surface area contributed by atoms with Crippen LogP contribution in [0.15, 0.2) is 36.4 Å². The van der Waals surface area contributed by atoms with E-state index in [2.05, 4.69) is 11.9 Å². The molecule has 0 spiro atoms. The molecule has 0 saturated carbocycles. The van der Waals surface area contributed by atoms with Crippen LogP contribution in [0.5, 0.6) is 5.75 Å². The van der Waals surface area contributed by atoms with Gasteiger partial charge in [-0.25, -0.2) is 0 Å². The SMILES string of the molecule is C=CCc1cc(/C=C(/C#N)C(=O)NC(C)C)ccc1OCC. The molecular formula is C18H22N2O2. The van der Waals surface area contributed by atoms with Gasteiger partial charge in [0.25, 0.3) is 5.91 Å². The van der Waals surface area contributed by atoms with Crippen LogP contribution in [0.25, 0.3) is 6.08 Å². The van der Waals surface area contributed by atoms with Crippen LogP contribution >= 0.6 is 0 Å². The molecule has 22 heavy (non-hydrogen) atoms. The zero-order valence-electron chi connectivity index (χ0n) is 13.3. The molecule has 0 bridgehead atoms. The molecule has 1 aromatic carbocycles. The highest BCUT2D eigenvalue weighted by Gasteiger charge is 2.11. The average Bonchev–Trinajstić information content (AvgIpc) is 2.46. The van der Waals surface area contributed by atoms with Gasteiger partial charge in [0, 0.05) is 6.04 Å². The quantitative estimate of drug-likeness (QED) is 0.477. The predicted octanol–water partition coefficient (Wildman–Crippen LogP) is 3.25. The number of hydrogen-bond acceptors (Lipinski definition) is 3. The summed E-state index contributed by atoms with van der Waals surface area (Å²) in [7, 11) is 0. The number of nitrogens with zero attached hydrogens (tertiary/aromatic N) is 1. The Morgan fingerprint density at radius 1 is 1.50 bits per heavy atom. The summed E-state index contributed by atoms with van der Waals surface area (Å²) >= 11 is 0. The van der Waals surface area contributed by atoms with Crippen molar-refractivity contribution in [3.05, 3.63) is 47.6 Å². The van der Waals surface area contributed by atoms with Gasteiger partial charge in [0.2, 0.25) is 0 Å². The zero-order valence-corrected chi connectivity index (χ0v) is 13.3. The number of carbonyl (C=O) groups excluding carboxylic acids is 1. The number of carbonyl (C=O) groups is 1. The smallest absolute Gasteiger partial charge is 0.262 e. The molecule has 0 atom stereocenters. The molecule has 4 heteroatoms. The summed E-state index contributed by atoms with van der Waals surface area (Å²) in [5, 5.41) is 11.9. The normalized spacial score (nSPS) is 11.0. The fourth-order valence-electron chi connectivity index (χ4n) is 1.96. The third-order valence-electron chi connectivity index (χ3n) is 2.84. The maximum atomic E-state index is 11.9. The van der Waals surface area contributed by atoms with Crippen LogP contribution in [0.1, 0.15) is 31.9 Å². The molecule has 0 heterocycles. The maximum absolute atomic E-state index is 11.9. The van der Waals surface area contributed by atoms with Crippen molar-refractivity contribution in [3.8, 4) is 11.8 Å². The monoisotopic (exact) mass is 298 g/mol. The van der Waals surface area contributed by atoms with Crippen molar-refractivity contribution in [1.29, 1.82) is 5.26 Å². The Balaban J connectivity index is 3.12. The van der Waals surface area contributed by atoms with Gasteiger partial charge in [0.05, 0.1) is 6.61 Å². The van der Waals surface area contributed by atoms with Crippen molar-refractivity contribution < 1.29 is 9.53 Å². The van der Waals surface area contributed by atoms with E-state index in [1.54, 1.807) is 12.2 Å². The molecule has 0 aliphatic rings. The minimum absolute atomic E-state index is 0.0130. The standard InChI is InChI=1S/C18H22N2O2/c1-5-7-15-10-14(8-9-17(15)22-6-2)11-16(12-19)18(21)20-13(3)4/h5,8-11,13H,1,6-7H2,2-4H3,(H,20,21)/b16-11-. The van der Waals surface area contributed by atoms with Crippen LogP contribution in [0.3, 0.4) is 0 Å². The fraction of sp³-hybridized carbons (Fsp3) is 0.333. The van der Waals surface area contributed by atoms with Gasteiger partial charge >= 0.3 is 0 Å². The highest BCUT2D eigenvalue weighted by Crippen LogP contribution is 2.22. The highest BCUT2D eigenvalue weighted by molar-refractivity contribution is 6.01. The number of nitrogens with one attached hydrogen (secondary N) is 1. The van der Waals surface area contributed by atoms with Crippen molar-refractivity contribution in [2.24, 2.45) is 0 Å². The first-order chi connectivity index (χ1) is 10.5. The minimum Gasteiger partial charge on any atom is -0.494 e. The first-order valence-corrected chi connectivity index (χ1v) is 7.31. The molecule has 116 valence electrons. The van der Waals surface area contributed by atoms with E-state index in [9.17, 15) is 4.79 Å². The summed E-state index contributed by atoms with van der Waals surface area (Å²) in [6, 6.07) is 7.52. The molecule has 1 aromatic rings. The Bertz CT molecular complexity index is 610. The van der Waals surface area contributed by atoms with Gasteiger partial charge in [-0.3, -0.25) is 4.79 Å². The van der Waals surface area contributed by atoms with Gasteiger partial charge in [0.1, 0.15) is 17.4 Å². The van der Waals surface area contributed by atoms with Crippen molar-refractivity contribution in [2.45, 2.75) is 33.2 Å². The van der Waals surface area contributed by atoms with Gasteiger partial charge in [0.15, 0.2) is 0 Å². The van der Waals surface area contributed by atoms with E-state index in [0.29, 0.717) is 13.0 Å². The molecule has 1 rings (SSSR count). The molecule has 0 aliphatic heterocycles. The summed E-state index contributed by atoms with van der Waals surface area (Å²) in [5.41, 5.74) is 1.85. The molecular weight excluding hydrogens is 276 g/mol. The third-order valence-corrected chi connectivity index (χ3v) is 2.84. The largest absolute Gasteiger partial charge is 0.494 e. The van der Waals surface area contributed by atoms with E-state index < -0.39 is 0 Å². The Labute approximate surface area is 132 Å². The average molecular weight is 298 g/mol. The summed E-state index contributed by atoms with van der Waals surface area (Å²) < 4.78 is 5.56. The molecule has 0 saturated heterocycles. The zero-order chi connectivity index (χ0) is 16.5. The number of amides is 1. The van der Waals surface area contributed by atoms with Gasteiger partial charge in [-0.15, -0.1) is 6.58 Å². The molecule has 0 aromatic heterocycles. The maximum Gasteiger partial charge on any atom is 0.262 e. The van der Waals surface area contributed by atoms with E-state index in [-0.39, 0.29) is 17.5 Å². The van der Waals surface area contributed by atoms with Crippen LogP contribution < -0.4 is 10.1 Å². The molecule has 1 amide bonds. The van der Waals surface area contributed by atoms with Gasteiger partial charge in [-0.05, 0) is 56.5 Å². The first-order valence-electron chi connectivity index (χ1n) is 7.31. The highest BCUT2D eigenvalue weighted by atomic mass is 16.5. The lowest BCUT2D eigenvalue weighted by atomic mass is 10.0. The molecule has 0 radical (unpaired) electrons. The van der Waals surface area contributed by atoms with E-state index >= 15 is 0 Å². The third kappa shape index (κ3) is 5.10. The number of benzene rings is 1. The Morgan fingerprint density at radius 3 is 2.77 bits per heavy atom. The van der Waals surface area contributed by atoms with Crippen molar-refractivity contribution >= 4 is 12.0 Å². The summed E-state index contributed by atoms with van der Waals surface area (Å²) in [6.45, 7) is 9.95. The van der Waals surface area contributed by atoms with Gasteiger partial charge < -0.3 is 10.1 Å². The second kappa shape index (κ2) is 8.68. The molecule has 1 N–H and O–H groups in total. The van der Waals surface area contributed by atoms with Crippen molar-refractivity contribution in [1.82, 2.24) is 5.32 Å². The molecule has 0 aliphatic carbocycles. The topological polar surface area (TPSA) is 62.1 Å². The minimum atomic E-state index is -0.364. The number of hydrogen-bond donors (Lipinski definition) is 1. The summed E-state index contributed by atoms with van der Waals surface area (Å²) in [4.78, 5) is 11.9. The van der Waals surface area contributed by atoms with E-state index in [4.69, 9.17) is 10.00 Å². The number of ether oxygens (including phenoxy) is 1. The van der Waals surface area contributed by atoms with E-state index in [1.807, 2.05) is 45.0 Å². The van der Waals surface area contributed by atoms with E-state index in [1.165, 1.54) is 0 Å². The Hall–Kier alpha value is -2.54. The summed E-state index contributed by atoms with van der Waals surface area (Å²) in [5.74, 6) is 0.432. The lowest BCUT2D eigenvalue weighted by molar-refractivity contribution is -0.117. The van der Waals surface area contributed by atoms with Crippen molar-refractivity contribution in [3.63, 3.8) is 0 Å². The van der Waals surface area contributed by atoms with Crippen LogP contribution in [0.4, 0.5) is 0 Å². The number of rotatable bonds is 7. The fourth-order valence-corrected chi connectivity index (χ4v) is 1.96. The molecule has 0 fully saturated rings. The van der Waals surface area contributed by atoms with Crippen LogP contribution in [0, 0.1) is 11.3 Å². The van der Waals surface area contributed by atoms with E-state index in [0.717, 1.165) is 16.9 Å². The van der Waals surface area contributed by atoms with Crippen LogP contribution in [0.2, 0.25) is 0 Å². The lowest BCUT2D eigenvalue weighted by Gasteiger charge is -2.10. The van der Waals surface area contributed by atoms with Crippen LogP contribution in [-0.2, 0) is 11.2 Å². The Kier molecular flexibility index (Phi) is 6.91. The first kappa shape index (κ1) is 17.5. The predicted molar refractivity (Wildman–Crippen MR) is 88.4 cm³/mol. The molecule has 0 unspecified atom stereocenters. The number of nitriles is 1. The van der Waals surface area contributed by atoms with Gasteiger partial charge in [-0.2, -0.15) is 5.26 Å². The van der Waals surface area contributed by atoms with Crippen LogP contribution in [-0.4, -0.2) is 18.6 Å². The summed E-state index contributed by atoms with van der Waals surface area (Å²) in [6.07, 6.45) is 4.04. The van der Waals surface area contributed by atoms with Gasteiger partial charge in [-0.1, -0.05) is 12.1 Å². The molecule has 4 nitrogen and oxygen atoms in total. The second-order valence-electron chi connectivity index (χ2n) is 5.09. The Morgan fingerprint density at radius 2 is 2.23 bits per heavy atom. The van der Waals surface area contributed by atoms with Crippen molar-refractivity contribution in [2.75, 3.05) is 6.61 Å².